The van der Waals surface area contributed by atoms with Gasteiger partial charge in [0.05, 0.1) is 6.54 Å². The van der Waals surface area contributed by atoms with Gasteiger partial charge in [-0.05, 0) is 39.3 Å². The molecule has 0 heterocycles. The maximum Gasteiger partial charge on any atom is 0.146 e. The first-order valence-electron chi connectivity index (χ1n) is 5.51. The molecule has 0 radical (unpaired) electrons. The van der Waals surface area contributed by atoms with Gasteiger partial charge in [0.15, 0.2) is 0 Å². The Balaban J connectivity index is 3.35. The molecule has 0 amide bonds. The van der Waals surface area contributed by atoms with E-state index in [1.54, 1.807) is 0 Å². The maximum atomic E-state index is 11.3. The predicted octanol–water partition coefficient (Wildman–Crippen LogP) is 1.45. The number of rotatable bonds is 9. The molecule has 0 bridgehead atoms. The van der Waals surface area contributed by atoms with Gasteiger partial charge < -0.3 is 5.11 Å². The molecule has 0 spiro atoms. The van der Waals surface area contributed by atoms with Crippen LogP contribution in [0.4, 0.5) is 0 Å². The molecule has 0 unspecified atom stereocenters. The predicted molar refractivity (Wildman–Crippen MR) is 58.3 cm³/mol. The topological polar surface area (TPSA) is 40.5 Å². The summed E-state index contributed by atoms with van der Waals surface area (Å²) >= 11 is 0. The Morgan fingerprint density at radius 3 is 2.57 bits per heavy atom. The molecule has 0 aromatic heterocycles. The van der Waals surface area contributed by atoms with Crippen LogP contribution < -0.4 is 0 Å². The minimum absolute atomic E-state index is 0.276. The van der Waals surface area contributed by atoms with Crippen molar-refractivity contribution in [3.8, 4) is 0 Å². The van der Waals surface area contributed by atoms with Crippen molar-refractivity contribution in [2.24, 2.45) is 0 Å². The van der Waals surface area contributed by atoms with E-state index in [1.807, 2.05) is 14.0 Å². The Kier molecular flexibility index (Phi) is 8.89. The van der Waals surface area contributed by atoms with Gasteiger partial charge in [-0.25, -0.2) is 0 Å². The molecular formula is C11H23NO2. The number of unbranched alkanes of at least 4 members (excludes halogenated alkanes) is 2. The van der Waals surface area contributed by atoms with Gasteiger partial charge in [-0.2, -0.15) is 0 Å². The molecule has 0 aromatic carbocycles. The van der Waals surface area contributed by atoms with Crippen LogP contribution in [0.1, 0.15) is 39.0 Å². The average Bonchev–Trinajstić information content (AvgIpc) is 2.13. The summed E-state index contributed by atoms with van der Waals surface area (Å²) < 4.78 is 0. The molecular weight excluding hydrogens is 178 g/mol. The molecule has 1 N–H and O–H groups in total. The number of aliphatic hydroxyl groups excluding tert-OH is 1. The Bertz CT molecular complexity index is 148. The van der Waals surface area contributed by atoms with Crippen molar-refractivity contribution in [2.75, 3.05) is 26.7 Å². The van der Waals surface area contributed by atoms with Crippen molar-refractivity contribution < 1.29 is 9.90 Å². The highest BCUT2D eigenvalue weighted by Gasteiger charge is 2.04. The fourth-order valence-electron chi connectivity index (χ4n) is 1.41. The van der Waals surface area contributed by atoms with Crippen LogP contribution in [0.5, 0.6) is 0 Å². The molecule has 3 nitrogen and oxygen atoms in total. The lowest BCUT2D eigenvalue weighted by Gasteiger charge is -2.14. The van der Waals surface area contributed by atoms with E-state index in [0.29, 0.717) is 18.7 Å². The van der Waals surface area contributed by atoms with Crippen LogP contribution in [0, 0.1) is 0 Å². The summed E-state index contributed by atoms with van der Waals surface area (Å²) in [6.07, 6.45) is 4.62. The first-order chi connectivity index (χ1) is 6.70. The number of ketones is 1. The number of nitrogens with zero attached hydrogens (tertiary/aromatic N) is 1. The van der Waals surface area contributed by atoms with E-state index in [-0.39, 0.29) is 6.61 Å². The van der Waals surface area contributed by atoms with Crippen LogP contribution >= 0.6 is 0 Å². The molecule has 0 rings (SSSR count). The summed E-state index contributed by atoms with van der Waals surface area (Å²) in [6.45, 7) is 3.83. The van der Waals surface area contributed by atoms with Gasteiger partial charge in [0.2, 0.25) is 0 Å². The van der Waals surface area contributed by atoms with Crippen LogP contribution in [0.25, 0.3) is 0 Å². The zero-order valence-electron chi connectivity index (χ0n) is 9.46. The molecule has 0 fully saturated rings. The monoisotopic (exact) mass is 201 g/mol. The van der Waals surface area contributed by atoms with Crippen LogP contribution in [-0.4, -0.2) is 42.5 Å². The minimum atomic E-state index is 0.276. The van der Waals surface area contributed by atoms with Crippen molar-refractivity contribution in [3.05, 3.63) is 0 Å². The highest BCUT2D eigenvalue weighted by atomic mass is 16.2. The second kappa shape index (κ2) is 9.16. The van der Waals surface area contributed by atoms with E-state index in [0.717, 1.165) is 32.2 Å². The van der Waals surface area contributed by atoms with Gasteiger partial charge in [0.1, 0.15) is 5.78 Å². The van der Waals surface area contributed by atoms with Gasteiger partial charge in [-0.15, -0.1) is 0 Å². The zero-order valence-corrected chi connectivity index (χ0v) is 9.46. The third-order valence-electron chi connectivity index (χ3n) is 2.17. The van der Waals surface area contributed by atoms with E-state index in [1.165, 1.54) is 0 Å². The summed E-state index contributed by atoms with van der Waals surface area (Å²) in [5.41, 5.74) is 0. The first-order valence-corrected chi connectivity index (χ1v) is 5.51. The molecule has 0 saturated heterocycles. The highest BCUT2D eigenvalue weighted by Crippen LogP contribution is 1.98. The fourth-order valence-corrected chi connectivity index (χ4v) is 1.41. The molecule has 84 valence electrons. The Labute approximate surface area is 87.1 Å². The quantitative estimate of drug-likeness (QED) is 0.574. The maximum absolute atomic E-state index is 11.3. The Morgan fingerprint density at radius 2 is 2.00 bits per heavy atom. The van der Waals surface area contributed by atoms with E-state index in [4.69, 9.17) is 5.11 Å². The second-order valence-corrected chi connectivity index (χ2v) is 3.81. The molecule has 0 aliphatic heterocycles. The van der Waals surface area contributed by atoms with Crippen LogP contribution in [0.15, 0.2) is 0 Å². The van der Waals surface area contributed by atoms with Crippen molar-refractivity contribution in [1.29, 1.82) is 0 Å². The van der Waals surface area contributed by atoms with Crippen LogP contribution in [-0.2, 0) is 4.79 Å². The van der Waals surface area contributed by atoms with Gasteiger partial charge in [-0.3, -0.25) is 9.69 Å². The van der Waals surface area contributed by atoms with Crippen molar-refractivity contribution in [1.82, 2.24) is 4.90 Å². The normalized spacial score (nSPS) is 10.9. The highest BCUT2D eigenvalue weighted by molar-refractivity contribution is 5.80. The Hall–Kier alpha value is -0.410. The summed E-state index contributed by atoms with van der Waals surface area (Å²) in [7, 11) is 1.98. The molecule has 0 aliphatic carbocycles. The second-order valence-electron chi connectivity index (χ2n) is 3.81. The van der Waals surface area contributed by atoms with Crippen LogP contribution in [0.2, 0.25) is 0 Å². The van der Waals surface area contributed by atoms with Crippen molar-refractivity contribution in [2.45, 2.75) is 39.0 Å². The number of hydrogen-bond donors (Lipinski definition) is 1. The number of carbonyl (C=O) groups excluding carboxylic acids is 1. The van der Waals surface area contributed by atoms with E-state index >= 15 is 0 Å². The van der Waals surface area contributed by atoms with Crippen molar-refractivity contribution >= 4 is 5.78 Å². The molecule has 0 aliphatic rings. The van der Waals surface area contributed by atoms with Gasteiger partial charge in [0, 0.05) is 13.0 Å². The minimum Gasteiger partial charge on any atom is -0.396 e. The van der Waals surface area contributed by atoms with Gasteiger partial charge in [0.25, 0.3) is 0 Å². The molecule has 0 atom stereocenters. The zero-order chi connectivity index (χ0) is 10.8. The standard InChI is InChI=1S/C11H23NO2/c1-3-7-11(14)10-12(2)8-5-4-6-9-13/h13H,3-10H2,1-2H3. The lowest BCUT2D eigenvalue weighted by Crippen LogP contribution is -2.26. The summed E-state index contributed by atoms with van der Waals surface area (Å²) in [5, 5.41) is 8.58. The fraction of sp³-hybridized carbons (Fsp3) is 0.909. The lowest BCUT2D eigenvalue weighted by molar-refractivity contribution is -0.119. The molecule has 14 heavy (non-hydrogen) atoms. The summed E-state index contributed by atoms with van der Waals surface area (Å²) in [4.78, 5) is 13.3. The number of Topliss-reactive ketones (excluding diaryl/α,β-unsaturated/α-hetero) is 1. The third kappa shape index (κ3) is 8.20. The lowest BCUT2D eigenvalue weighted by atomic mass is 10.2. The SMILES string of the molecule is CCCC(=O)CN(C)CCCCCO. The average molecular weight is 201 g/mol. The van der Waals surface area contributed by atoms with Gasteiger partial charge >= 0.3 is 0 Å². The largest absolute Gasteiger partial charge is 0.396 e. The van der Waals surface area contributed by atoms with Gasteiger partial charge in [-0.1, -0.05) is 6.92 Å². The number of hydrogen-bond acceptors (Lipinski definition) is 3. The Morgan fingerprint density at radius 1 is 1.29 bits per heavy atom. The molecule has 0 aromatic rings. The number of carbonyl (C=O) groups is 1. The van der Waals surface area contributed by atoms with Crippen molar-refractivity contribution in [3.63, 3.8) is 0 Å². The molecule has 3 heteroatoms. The number of aliphatic hydroxyl groups is 1. The van der Waals surface area contributed by atoms with E-state index < -0.39 is 0 Å². The first kappa shape index (κ1) is 13.6. The van der Waals surface area contributed by atoms with E-state index in [2.05, 4.69) is 4.90 Å². The smallest absolute Gasteiger partial charge is 0.146 e. The number of likely N-dealkylation sites (N-methyl/N-ethyl adjacent to an activating group) is 1. The summed E-state index contributed by atoms with van der Waals surface area (Å²) in [5.74, 6) is 0.331. The molecule has 0 saturated carbocycles. The summed E-state index contributed by atoms with van der Waals surface area (Å²) in [6, 6.07) is 0. The van der Waals surface area contributed by atoms with E-state index in [9.17, 15) is 4.79 Å². The van der Waals surface area contributed by atoms with Crippen LogP contribution in [0.3, 0.4) is 0 Å². The third-order valence-corrected chi connectivity index (χ3v) is 2.17.